The monoisotopic (exact) mass is 625 g/mol. The van der Waals surface area contributed by atoms with Gasteiger partial charge in [0.25, 0.3) is 0 Å². The highest BCUT2D eigenvalue weighted by Gasteiger charge is 2.68. The van der Waals surface area contributed by atoms with Crippen molar-refractivity contribution in [2.24, 2.45) is 16.7 Å². The van der Waals surface area contributed by atoms with E-state index < -0.39 is 70.5 Å². The quantitative estimate of drug-likeness (QED) is 0.261. The van der Waals surface area contributed by atoms with Crippen molar-refractivity contribution in [3.05, 3.63) is 59.2 Å². The fourth-order valence-electron chi connectivity index (χ4n) is 7.95. The molecular weight excluding hydrogens is 578 g/mol. The lowest BCUT2D eigenvalue weighted by Crippen LogP contribution is -2.70. The predicted molar refractivity (Wildman–Crippen MR) is 166 cm³/mol. The molecule has 10 heteroatoms. The third kappa shape index (κ3) is 6.00. The molecular formula is C35H47NO9. The Labute approximate surface area is 265 Å². The molecule has 3 aliphatic carbocycles. The Bertz CT molecular complexity index is 1400. The van der Waals surface area contributed by atoms with Crippen molar-refractivity contribution < 1.29 is 43.6 Å². The van der Waals surface area contributed by atoms with Gasteiger partial charge in [0, 0.05) is 43.1 Å². The molecule has 0 heterocycles. The van der Waals surface area contributed by atoms with Crippen molar-refractivity contribution in [1.82, 2.24) is 4.90 Å². The Morgan fingerprint density at radius 1 is 1.04 bits per heavy atom. The molecule has 0 spiro atoms. The van der Waals surface area contributed by atoms with Crippen LogP contribution in [0.1, 0.15) is 78.8 Å². The number of ketones is 1. The average molecular weight is 626 g/mol. The molecule has 0 aromatic heterocycles. The van der Waals surface area contributed by atoms with Crippen molar-refractivity contribution in [3.63, 3.8) is 0 Å². The molecule has 2 saturated carbocycles. The molecule has 1 aromatic rings. The molecule has 0 aliphatic heterocycles. The Morgan fingerprint density at radius 2 is 1.64 bits per heavy atom. The molecule has 2 bridgehead atoms. The van der Waals surface area contributed by atoms with E-state index in [0.717, 1.165) is 5.56 Å². The molecule has 0 saturated heterocycles. The molecule has 10 nitrogen and oxygen atoms in total. The summed E-state index contributed by atoms with van der Waals surface area (Å²) in [5.41, 5.74) is -2.58. The van der Waals surface area contributed by atoms with Crippen LogP contribution < -0.4 is 0 Å². The van der Waals surface area contributed by atoms with Gasteiger partial charge in [-0.3, -0.25) is 19.2 Å². The molecule has 0 radical (unpaired) electrons. The third-order valence-electron chi connectivity index (χ3n) is 10.5. The van der Waals surface area contributed by atoms with Gasteiger partial charge in [0.1, 0.15) is 23.9 Å². The van der Waals surface area contributed by atoms with Crippen LogP contribution in [-0.4, -0.2) is 82.9 Å². The summed E-state index contributed by atoms with van der Waals surface area (Å²) in [6.07, 6.45) is -4.60. The van der Waals surface area contributed by atoms with Crippen LogP contribution in [0.2, 0.25) is 0 Å². The van der Waals surface area contributed by atoms with Crippen molar-refractivity contribution in [2.75, 3.05) is 14.1 Å². The summed E-state index contributed by atoms with van der Waals surface area (Å²) in [5, 5.41) is 24.8. The Kier molecular flexibility index (Phi) is 9.56. The molecule has 8 atom stereocenters. The van der Waals surface area contributed by atoms with Crippen LogP contribution in [0.15, 0.2) is 53.6 Å². The number of carbonyl (C=O) groups is 4. The van der Waals surface area contributed by atoms with Crippen LogP contribution in [0, 0.1) is 16.7 Å². The SMILES string of the molecule is C=C1C(OC(=O)CC(c2ccccc2)N(C)C)CCC2(C)C(O)C(OC(C)=O)C3=C(C)C(=O)CC(O)(C(OC(C)=O)C12)C3(C)C. The number of aliphatic hydroxyl groups is 2. The van der Waals surface area contributed by atoms with Gasteiger partial charge in [-0.05, 0) is 56.1 Å². The highest BCUT2D eigenvalue weighted by atomic mass is 16.6. The highest BCUT2D eigenvalue weighted by molar-refractivity contribution is 5.98. The zero-order valence-electron chi connectivity index (χ0n) is 27.6. The van der Waals surface area contributed by atoms with Crippen molar-refractivity contribution in [2.45, 2.75) is 103 Å². The fraction of sp³-hybridized carbons (Fsp3) is 0.600. The summed E-state index contributed by atoms with van der Waals surface area (Å²) in [6, 6.07) is 9.36. The van der Waals surface area contributed by atoms with E-state index in [0.29, 0.717) is 5.57 Å². The molecule has 1 aromatic carbocycles. The van der Waals surface area contributed by atoms with E-state index >= 15 is 0 Å². The maximum absolute atomic E-state index is 13.5. The number of nitrogens with zero attached hydrogens (tertiary/aromatic N) is 1. The number of carbonyl (C=O) groups excluding carboxylic acids is 4. The summed E-state index contributed by atoms with van der Waals surface area (Å²) in [7, 11) is 3.76. The molecule has 4 rings (SSSR count). The van der Waals surface area contributed by atoms with E-state index in [1.165, 1.54) is 13.8 Å². The standard InChI is InChI=1S/C35H47NO9/c1-19-25(39)18-35(42)32(44-22(4)38)29-20(2)26(45-27(40)17-24(36(8)9)23-13-11-10-12-14-23)15-16-34(29,7)31(41)30(43-21(3)37)28(19)33(35,5)6/h10-14,24,26,29-32,41-42H,2,15-18H2,1,3-9H3. The minimum Gasteiger partial charge on any atom is -0.459 e. The first-order chi connectivity index (χ1) is 20.9. The number of hydrogen-bond acceptors (Lipinski definition) is 10. The van der Waals surface area contributed by atoms with Gasteiger partial charge in [-0.1, -0.05) is 57.7 Å². The number of benzene rings is 1. The van der Waals surface area contributed by atoms with E-state index in [4.69, 9.17) is 14.2 Å². The lowest BCUT2D eigenvalue weighted by molar-refractivity contribution is -0.231. The summed E-state index contributed by atoms with van der Waals surface area (Å²) in [5.74, 6) is -3.21. The van der Waals surface area contributed by atoms with Gasteiger partial charge in [0.15, 0.2) is 11.9 Å². The highest BCUT2D eigenvalue weighted by Crippen LogP contribution is 2.61. The van der Waals surface area contributed by atoms with Crippen LogP contribution in [0.5, 0.6) is 0 Å². The van der Waals surface area contributed by atoms with Crippen LogP contribution >= 0.6 is 0 Å². The predicted octanol–water partition coefficient (Wildman–Crippen LogP) is 3.85. The zero-order valence-corrected chi connectivity index (χ0v) is 27.6. The van der Waals surface area contributed by atoms with E-state index in [1.807, 2.05) is 49.3 Å². The molecule has 0 amide bonds. The number of Topliss-reactive ketones (excluding diaryl/α,β-unsaturated/α-hetero) is 1. The summed E-state index contributed by atoms with van der Waals surface area (Å²) < 4.78 is 17.7. The number of aliphatic hydroxyl groups excluding tert-OH is 1. The second-order valence-corrected chi connectivity index (χ2v) is 13.9. The normalized spacial score (nSPS) is 33.4. The molecule has 45 heavy (non-hydrogen) atoms. The van der Waals surface area contributed by atoms with Crippen molar-refractivity contribution in [1.29, 1.82) is 0 Å². The summed E-state index contributed by atoms with van der Waals surface area (Å²) in [4.78, 5) is 53.9. The van der Waals surface area contributed by atoms with Crippen LogP contribution in [0.25, 0.3) is 0 Å². The first-order valence-electron chi connectivity index (χ1n) is 15.5. The maximum atomic E-state index is 13.5. The van der Waals surface area contributed by atoms with E-state index in [9.17, 15) is 29.4 Å². The Balaban J connectivity index is 1.79. The lowest BCUT2D eigenvalue weighted by atomic mass is 9.48. The van der Waals surface area contributed by atoms with Crippen LogP contribution in [0.4, 0.5) is 0 Å². The smallest absolute Gasteiger partial charge is 0.308 e. The van der Waals surface area contributed by atoms with Gasteiger partial charge < -0.3 is 29.3 Å². The summed E-state index contributed by atoms with van der Waals surface area (Å²) >= 11 is 0. The van der Waals surface area contributed by atoms with Gasteiger partial charge >= 0.3 is 17.9 Å². The number of fused-ring (bicyclic) bond motifs is 3. The Hall–Kier alpha value is -3.34. The zero-order chi connectivity index (χ0) is 33.6. The van der Waals surface area contributed by atoms with E-state index in [1.54, 1.807) is 27.7 Å². The first kappa shape index (κ1) is 34.5. The summed E-state index contributed by atoms with van der Waals surface area (Å²) in [6.45, 7) is 13.5. The van der Waals surface area contributed by atoms with Crippen LogP contribution in [-0.2, 0) is 33.4 Å². The molecule has 8 unspecified atom stereocenters. The van der Waals surface area contributed by atoms with Gasteiger partial charge in [0.2, 0.25) is 0 Å². The topological polar surface area (TPSA) is 140 Å². The Morgan fingerprint density at radius 3 is 2.20 bits per heavy atom. The molecule has 246 valence electrons. The lowest BCUT2D eigenvalue weighted by Gasteiger charge is -2.61. The maximum Gasteiger partial charge on any atom is 0.308 e. The minimum atomic E-state index is -1.98. The van der Waals surface area contributed by atoms with Crippen molar-refractivity contribution in [3.8, 4) is 0 Å². The second-order valence-electron chi connectivity index (χ2n) is 13.9. The molecule has 2 N–H and O–H groups in total. The first-order valence-corrected chi connectivity index (χ1v) is 15.5. The number of rotatable bonds is 7. The van der Waals surface area contributed by atoms with E-state index in [2.05, 4.69) is 6.58 Å². The molecule has 3 aliphatic rings. The number of hydrogen-bond donors (Lipinski definition) is 2. The number of ether oxygens (including phenoxy) is 3. The van der Waals surface area contributed by atoms with Gasteiger partial charge in [-0.25, -0.2) is 0 Å². The fourth-order valence-corrected chi connectivity index (χ4v) is 7.95. The van der Waals surface area contributed by atoms with Gasteiger partial charge in [-0.2, -0.15) is 0 Å². The number of allylic oxidation sites excluding steroid dienone is 1. The number of esters is 3. The van der Waals surface area contributed by atoms with Gasteiger partial charge in [-0.15, -0.1) is 0 Å². The van der Waals surface area contributed by atoms with Crippen molar-refractivity contribution >= 4 is 23.7 Å². The largest absolute Gasteiger partial charge is 0.459 e. The molecule has 2 fully saturated rings. The van der Waals surface area contributed by atoms with Gasteiger partial charge in [0.05, 0.1) is 6.42 Å². The van der Waals surface area contributed by atoms with Crippen LogP contribution in [0.3, 0.4) is 0 Å². The second kappa shape index (κ2) is 12.5. The third-order valence-corrected chi connectivity index (χ3v) is 10.5. The minimum absolute atomic E-state index is 0.0617. The van der Waals surface area contributed by atoms with E-state index in [-0.39, 0.29) is 42.9 Å². The average Bonchev–Trinajstić information content (AvgIpc) is 2.94.